The van der Waals surface area contributed by atoms with E-state index in [-0.39, 0.29) is 0 Å². The monoisotopic (exact) mass is 324 g/mol. The van der Waals surface area contributed by atoms with Gasteiger partial charge in [-0.15, -0.1) is 0 Å². The Morgan fingerprint density at radius 3 is 2.88 bits per heavy atom. The van der Waals surface area contributed by atoms with Crippen molar-refractivity contribution in [2.75, 3.05) is 18.4 Å². The Balaban J connectivity index is 1.62. The highest BCUT2D eigenvalue weighted by molar-refractivity contribution is 5.75. The minimum atomic E-state index is 0.337. The van der Waals surface area contributed by atoms with E-state index in [1.54, 1.807) is 18.6 Å². The standard InChI is InChI=1S/C16H20N8/c17-13-2-6-23(7-3-13)10-12-1-8-24-15(12)16(20-11-21-24)22-14-9-18-4-5-19-14/h1,4-5,8-9,11,13H,2-3,6-7,10,17H2,(H,19,20,21,22). The van der Waals surface area contributed by atoms with Gasteiger partial charge in [-0.25, -0.2) is 14.5 Å². The topological polar surface area (TPSA) is 97.3 Å². The quantitative estimate of drug-likeness (QED) is 0.744. The zero-order chi connectivity index (χ0) is 16.4. The summed E-state index contributed by atoms with van der Waals surface area (Å²) in [5.41, 5.74) is 8.16. The second kappa shape index (κ2) is 6.50. The Morgan fingerprint density at radius 2 is 2.08 bits per heavy atom. The van der Waals surface area contributed by atoms with Crippen LogP contribution >= 0.6 is 0 Å². The number of piperidine rings is 1. The highest BCUT2D eigenvalue weighted by Gasteiger charge is 2.18. The lowest BCUT2D eigenvalue weighted by atomic mass is 10.1. The molecule has 0 atom stereocenters. The van der Waals surface area contributed by atoms with E-state index in [2.05, 4.69) is 36.3 Å². The second-order valence-corrected chi connectivity index (χ2v) is 6.07. The van der Waals surface area contributed by atoms with Gasteiger partial charge < -0.3 is 11.1 Å². The fourth-order valence-corrected chi connectivity index (χ4v) is 3.07. The first-order valence-corrected chi connectivity index (χ1v) is 8.12. The van der Waals surface area contributed by atoms with Crippen LogP contribution in [0.4, 0.5) is 11.6 Å². The van der Waals surface area contributed by atoms with Crippen LogP contribution in [-0.4, -0.2) is 48.6 Å². The molecule has 4 rings (SSSR count). The fraction of sp³-hybridized carbons (Fsp3) is 0.375. The van der Waals surface area contributed by atoms with Gasteiger partial charge in [0.05, 0.1) is 6.20 Å². The Labute approximate surface area is 139 Å². The molecule has 0 radical (unpaired) electrons. The first kappa shape index (κ1) is 15.0. The number of nitrogens with two attached hydrogens (primary N) is 1. The predicted octanol–water partition coefficient (Wildman–Crippen LogP) is 1.19. The van der Waals surface area contributed by atoms with Crippen LogP contribution in [0.15, 0.2) is 37.2 Å². The van der Waals surface area contributed by atoms with Gasteiger partial charge in [0.15, 0.2) is 5.82 Å². The molecule has 1 fully saturated rings. The average molecular weight is 324 g/mol. The minimum absolute atomic E-state index is 0.337. The third kappa shape index (κ3) is 3.06. The summed E-state index contributed by atoms with van der Waals surface area (Å²) < 4.78 is 1.84. The molecule has 1 aliphatic heterocycles. The number of rotatable bonds is 4. The van der Waals surface area contributed by atoms with Gasteiger partial charge in [-0.05, 0) is 37.6 Å². The van der Waals surface area contributed by atoms with Crippen LogP contribution in [0.5, 0.6) is 0 Å². The zero-order valence-corrected chi connectivity index (χ0v) is 13.3. The number of likely N-dealkylation sites (tertiary alicyclic amines) is 1. The van der Waals surface area contributed by atoms with Gasteiger partial charge in [0, 0.05) is 31.2 Å². The summed E-state index contributed by atoms with van der Waals surface area (Å²) >= 11 is 0. The van der Waals surface area contributed by atoms with Crippen LogP contribution in [0.2, 0.25) is 0 Å². The molecule has 0 unspecified atom stereocenters. The molecule has 0 saturated carbocycles. The Morgan fingerprint density at radius 1 is 1.21 bits per heavy atom. The second-order valence-electron chi connectivity index (χ2n) is 6.07. The average Bonchev–Trinajstić information content (AvgIpc) is 3.02. The van der Waals surface area contributed by atoms with Crippen LogP contribution in [0.3, 0.4) is 0 Å². The van der Waals surface area contributed by atoms with Crippen LogP contribution in [0.1, 0.15) is 18.4 Å². The molecule has 3 aromatic rings. The van der Waals surface area contributed by atoms with Crippen molar-refractivity contribution in [3.63, 3.8) is 0 Å². The molecule has 1 aliphatic rings. The van der Waals surface area contributed by atoms with Gasteiger partial charge in [-0.2, -0.15) is 5.10 Å². The van der Waals surface area contributed by atoms with Gasteiger partial charge in [0.25, 0.3) is 0 Å². The summed E-state index contributed by atoms with van der Waals surface area (Å²) in [5.74, 6) is 1.40. The van der Waals surface area contributed by atoms with E-state index in [4.69, 9.17) is 5.73 Å². The highest BCUT2D eigenvalue weighted by atomic mass is 15.3. The third-order valence-corrected chi connectivity index (χ3v) is 4.37. The summed E-state index contributed by atoms with van der Waals surface area (Å²) in [4.78, 5) is 15.1. The Kier molecular flexibility index (Phi) is 4.06. The number of hydrogen-bond donors (Lipinski definition) is 2. The minimum Gasteiger partial charge on any atom is -0.328 e. The maximum absolute atomic E-state index is 6.00. The largest absolute Gasteiger partial charge is 0.328 e. The van der Waals surface area contributed by atoms with Crippen molar-refractivity contribution in [3.8, 4) is 0 Å². The summed E-state index contributed by atoms with van der Waals surface area (Å²) in [5, 5.41) is 7.53. The zero-order valence-electron chi connectivity index (χ0n) is 13.3. The molecule has 0 aliphatic carbocycles. The normalized spacial score (nSPS) is 16.5. The predicted molar refractivity (Wildman–Crippen MR) is 90.8 cm³/mol. The molecule has 3 N–H and O–H groups in total. The highest BCUT2D eigenvalue weighted by Crippen LogP contribution is 2.23. The van der Waals surface area contributed by atoms with Gasteiger partial charge in [0.2, 0.25) is 0 Å². The molecule has 1 saturated heterocycles. The molecule has 124 valence electrons. The van der Waals surface area contributed by atoms with Crippen molar-refractivity contribution in [2.24, 2.45) is 5.73 Å². The number of nitrogens with zero attached hydrogens (tertiary/aromatic N) is 6. The number of aromatic nitrogens is 5. The maximum atomic E-state index is 6.00. The molecule has 0 amide bonds. The molecular weight excluding hydrogens is 304 g/mol. The van der Waals surface area contributed by atoms with Crippen LogP contribution in [0.25, 0.3) is 5.52 Å². The van der Waals surface area contributed by atoms with Crippen molar-refractivity contribution >= 4 is 17.2 Å². The van der Waals surface area contributed by atoms with E-state index in [1.807, 2.05) is 10.7 Å². The summed E-state index contributed by atoms with van der Waals surface area (Å²) in [6.45, 7) is 2.92. The van der Waals surface area contributed by atoms with Crippen molar-refractivity contribution in [1.82, 2.24) is 29.5 Å². The SMILES string of the molecule is NC1CCN(Cc2ccn3ncnc(Nc4cnccn4)c23)CC1. The van der Waals surface area contributed by atoms with Crippen molar-refractivity contribution in [3.05, 3.63) is 42.7 Å². The summed E-state index contributed by atoms with van der Waals surface area (Å²) in [7, 11) is 0. The molecule has 0 aromatic carbocycles. The van der Waals surface area contributed by atoms with Gasteiger partial charge in [-0.3, -0.25) is 9.88 Å². The van der Waals surface area contributed by atoms with Crippen molar-refractivity contribution in [1.29, 1.82) is 0 Å². The number of fused-ring (bicyclic) bond motifs is 1. The molecule has 8 heteroatoms. The van der Waals surface area contributed by atoms with E-state index in [0.29, 0.717) is 11.9 Å². The molecule has 4 heterocycles. The van der Waals surface area contributed by atoms with Crippen LogP contribution < -0.4 is 11.1 Å². The van der Waals surface area contributed by atoms with Gasteiger partial charge in [-0.1, -0.05) is 0 Å². The number of anilines is 2. The van der Waals surface area contributed by atoms with E-state index in [0.717, 1.165) is 43.8 Å². The van der Waals surface area contributed by atoms with E-state index >= 15 is 0 Å². The lowest BCUT2D eigenvalue weighted by Crippen LogP contribution is -2.39. The van der Waals surface area contributed by atoms with Gasteiger partial charge >= 0.3 is 0 Å². The van der Waals surface area contributed by atoms with E-state index in [9.17, 15) is 0 Å². The Bertz CT molecular complexity index is 807. The molecule has 0 bridgehead atoms. The first-order valence-electron chi connectivity index (χ1n) is 8.12. The van der Waals surface area contributed by atoms with E-state index in [1.165, 1.54) is 11.9 Å². The van der Waals surface area contributed by atoms with Crippen molar-refractivity contribution in [2.45, 2.75) is 25.4 Å². The lowest BCUT2D eigenvalue weighted by Gasteiger charge is -2.29. The Hall–Kier alpha value is -2.58. The molecule has 24 heavy (non-hydrogen) atoms. The smallest absolute Gasteiger partial charge is 0.159 e. The summed E-state index contributed by atoms with van der Waals surface area (Å²) in [6.07, 6.45) is 10.6. The van der Waals surface area contributed by atoms with Crippen LogP contribution in [-0.2, 0) is 6.54 Å². The van der Waals surface area contributed by atoms with Crippen LogP contribution in [0, 0.1) is 0 Å². The number of hydrogen-bond acceptors (Lipinski definition) is 7. The summed E-state index contributed by atoms with van der Waals surface area (Å²) in [6, 6.07) is 2.43. The maximum Gasteiger partial charge on any atom is 0.159 e. The third-order valence-electron chi connectivity index (χ3n) is 4.37. The lowest BCUT2D eigenvalue weighted by molar-refractivity contribution is 0.206. The molecule has 0 spiro atoms. The molecule has 3 aromatic heterocycles. The number of nitrogens with one attached hydrogen (secondary N) is 1. The molecular formula is C16H20N8. The first-order chi connectivity index (χ1) is 11.8. The van der Waals surface area contributed by atoms with Gasteiger partial charge in [0.1, 0.15) is 17.7 Å². The fourth-order valence-electron chi connectivity index (χ4n) is 3.07. The molecule has 8 nitrogen and oxygen atoms in total. The van der Waals surface area contributed by atoms with Crippen molar-refractivity contribution < 1.29 is 0 Å². The van der Waals surface area contributed by atoms with E-state index < -0.39 is 0 Å².